The summed E-state index contributed by atoms with van der Waals surface area (Å²) in [5.74, 6) is 0. The van der Waals surface area contributed by atoms with E-state index < -0.39 is 0 Å². The lowest BCUT2D eigenvalue weighted by Gasteiger charge is -2.36. The molecule has 82 valence electrons. The molecule has 0 aliphatic carbocycles. The standard InChI is InChI=1S/C13H14N2S/c1-8-13(2,3)10-6-4-5-9-7-14-15-12(16-8)11(9)10/h4-8H,1-3H3. The summed E-state index contributed by atoms with van der Waals surface area (Å²) in [6.45, 7) is 6.88. The van der Waals surface area contributed by atoms with E-state index in [9.17, 15) is 0 Å². The highest BCUT2D eigenvalue weighted by atomic mass is 32.2. The lowest BCUT2D eigenvalue weighted by atomic mass is 9.79. The Labute approximate surface area is 99.5 Å². The van der Waals surface area contributed by atoms with Gasteiger partial charge in [0.1, 0.15) is 5.03 Å². The number of hydrogen-bond donors (Lipinski definition) is 0. The fourth-order valence-electron chi connectivity index (χ4n) is 2.26. The van der Waals surface area contributed by atoms with Crippen molar-refractivity contribution in [2.45, 2.75) is 36.5 Å². The van der Waals surface area contributed by atoms with Crippen LogP contribution >= 0.6 is 11.8 Å². The van der Waals surface area contributed by atoms with Crippen molar-refractivity contribution in [2.24, 2.45) is 0 Å². The van der Waals surface area contributed by atoms with Crippen LogP contribution in [0, 0.1) is 0 Å². The Kier molecular flexibility index (Phi) is 2.02. The summed E-state index contributed by atoms with van der Waals surface area (Å²) in [5, 5.41) is 12.5. The highest BCUT2D eigenvalue weighted by Gasteiger charge is 2.35. The number of benzene rings is 1. The second-order valence-corrected chi connectivity index (χ2v) is 6.23. The van der Waals surface area contributed by atoms with Crippen molar-refractivity contribution in [3.05, 3.63) is 30.0 Å². The van der Waals surface area contributed by atoms with E-state index in [1.807, 2.05) is 18.0 Å². The fourth-order valence-corrected chi connectivity index (χ4v) is 3.46. The Hall–Kier alpha value is -1.09. The Bertz CT molecular complexity index is 558. The first-order valence-electron chi connectivity index (χ1n) is 5.52. The molecule has 0 amide bonds. The van der Waals surface area contributed by atoms with Crippen LogP contribution in [0.1, 0.15) is 26.3 Å². The van der Waals surface area contributed by atoms with Crippen molar-refractivity contribution < 1.29 is 0 Å². The highest BCUT2D eigenvalue weighted by molar-refractivity contribution is 8.00. The van der Waals surface area contributed by atoms with Gasteiger partial charge in [0, 0.05) is 21.4 Å². The topological polar surface area (TPSA) is 25.8 Å². The van der Waals surface area contributed by atoms with Crippen LogP contribution in [0.3, 0.4) is 0 Å². The Balaban J connectivity index is 2.44. The maximum absolute atomic E-state index is 4.27. The molecule has 3 heteroatoms. The van der Waals surface area contributed by atoms with Gasteiger partial charge >= 0.3 is 0 Å². The molecule has 1 aromatic carbocycles. The molecule has 2 heterocycles. The van der Waals surface area contributed by atoms with Crippen LogP contribution in [0.2, 0.25) is 0 Å². The van der Waals surface area contributed by atoms with E-state index in [0.29, 0.717) is 5.25 Å². The number of aromatic nitrogens is 2. The second kappa shape index (κ2) is 3.20. The molecule has 2 nitrogen and oxygen atoms in total. The van der Waals surface area contributed by atoms with Gasteiger partial charge in [-0.3, -0.25) is 0 Å². The summed E-state index contributed by atoms with van der Waals surface area (Å²) in [6.07, 6.45) is 1.86. The molecule has 0 N–H and O–H groups in total. The summed E-state index contributed by atoms with van der Waals surface area (Å²) in [6, 6.07) is 6.46. The molecule has 1 unspecified atom stereocenters. The molecule has 0 saturated carbocycles. The molecule has 1 atom stereocenters. The third-order valence-corrected chi connectivity index (χ3v) is 5.11. The fraction of sp³-hybridized carbons (Fsp3) is 0.385. The lowest BCUT2D eigenvalue weighted by molar-refractivity contribution is 0.518. The van der Waals surface area contributed by atoms with Crippen LogP contribution in [-0.2, 0) is 5.41 Å². The van der Waals surface area contributed by atoms with Crippen LogP contribution in [-0.4, -0.2) is 15.4 Å². The molecule has 0 spiro atoms. The van der Waals surface area contributed by atoms with E-state index >= 15 is 0 Å². The monoisotopic (exact) mass is 230 g/mol. The number of nitrogens with zero attached hydrogens (tertiary/aromatic N) is 2. The van der Waals surface area contributed by atoms with E-state index in [0.717, 1.165) is 5.03 Å². The van der Waals surface area contributed by atoms with Crippen molar-refractivity contribution >= 4 is 22.5 Å². The lowest BCUT2D eigenvalue weighted by Crippen LogP contribution is -2.31. The van der Waals surface area contributed by atoms with Crippen LogP contribution in [0.15, 0.2) is 29.4 Å². The Morgan fingerprint density at radius 1 is 1.31 bits per heavy atom. The first-order valence-corrected chi connectivity index (χ1v) is 6.40. The van der Waals surface area contributed by atoms with E-state index in [2.05, 4.69) is 49.2 Å². The number of hydrogen-bond acceptors (Lipinski definition) is 3. The van der Waals surface area contributed by atoms with Gasteiger partial charge in [-0.15, -0.1) is 5.10 Å². The van der Waals surface area contributed by atoms with E-state index in [4.69, 9.17) is 0 Å². The molecular weight excluding hydrogens is 216 g/mol. The summed E-state index contributed by atoms with van der Waals surface area (Å²) in [4.78, 5) is 0. The molecule has 16 heavy (non-hydrogen) atoms. The van der Waals surface area contributed by atoms with Gasteiger partial charge in [-0.05, 0) is 5.56 Å². The van der Waals surface area contributed by atoms with E-state index in [1.165, 1.54) is 16.3 Å². The van der Waals surface area contributed by atoms with Crippen LogP contribution < -0.4 is 0 Å². The largest absolute Gasteiger partial charge is 0.157 e. The zero-order chi connectivity index (χ0) is 11.3. The minimum Gasteiger partial charge on any atom is -0.157 e. The van der Waals surface area contributed by atoms with Crippen molar-refractivity contribution in [3.63, 3.8) is 0 Å². The first kappa shape index (κ1) is 10.1. The first-order chi connectivity index (χ1) is 7.60. The van der Waals surface area contributed by atoms with Crippen molar-refractivity contribution in [2.75, 3.05) is 0 Å². The van der Waals surface area contributed by atoms with E-state index in [1.54, 1.807) is 0 Å². The molecule has 0 radical (unpaired) electrons. The zero-order valence-electron chi connectivity index (χ0n) is 9.69. The summed E-state index contributed by atoms with van der Waals surface area (Å²) in [7, 11) is 0. The Morgan fingerprint density at radius 2 is 2.12 bits per heavy atom. The van der Waals surface area contributed by atoms with Gasteiger partial charge in [0.05, 0.1) is 6.20 Å². The summed E-state index contributed by atoms with van der Waals surface area (Å²) in [5.41, 5.74) is 1.60. The third kappa shape index (κ3) is 1.21. The van der Waals surface area contributed by atoms with Gasteiger partial charge in [-0.25, -0.2) is 0 Å². The molecule has 1 aromatic heterocycles. The predicted octanol–water partition coefficient (Wildman–Crippen LogP) is 3.40. The minimum atomic E-state index is 0.195. The molecule has 2 aromatic rings. The van der Waals surface area contributed by atoms with Gasteiger partial charge in [0.2, 0.25) is 0 Å². The van der Waals surface area contributed by atoms with Crippen LogP contribution in [0.25, 0.3) is 10.8 Å². The SMILES string of the molecule is CC1Sc2nncc3cccc(c23)C1(C)C. The zero-order valence-corrected chi connectivity index (χ0v) is 10.5. The molecule has 3 rings (SSSR count). The van der Waals surface area contributed by atoms with Crippen LogP contribution in [0.4, 0.5) is 0 Å². The quantitative estimate of drug-likeness (QED) is 0.693. The number of rotatable bonds is 0. The van der Waals surface area contributed by atoms with Crippen molar-refractivity contribution in [1.29, 1.82) is 0 Å². The summed E-state index contributed by atoms with van der Waals surface area (Å²) < 4.78 is 0. The normalized spacial score (nSPS) is 22.3. The van der Waals surface area contributed by atoms with E-state index in [-0.39, 0.29) is 5.41 Å². The maximum Gasteiger partial charge on any atom is 0.127 e. The van der Waals surface area contributed by atoms with Crippen molar-refractivity contribution in [3.8, 4) is 0 Å². The minimum absolute atomic E-state index is 0.195. The third-order valence-electron chi connectivity index (χ3n) is 3.65. The molecule has 1 aliphatic rings. The predicted molar refractivity (Wildman–Crippen MR) is 67.9 cm³/mol. The van der Waals surface area contributed by atoms with Gasteiger partial charge < -0.3 is 0 Å². The Morgan fingerprint density at radius 3 is 2.94 bits per heavy atom. The van der Waals surface area contributed by atoms with Gasteiger partial charge in [0.15, 0.2) is 0 Å². The van der Waals surface area contributed by atoms with Crippen molar-refractivity contribution in [1.82, 2.24) is 10.2 Å². The average molecular weight is 230 g/mol. The molecule has 0 fully saturated rings. The van der Waals surface area contributed by atoms with Gasteiger partial charge in [-0.1, -0.05) is 50.7 Å². The molecule has 0 bridgehead atoms. The smallest absolute Gasteiger partial charge is 0.127 e. The molecule has 1 aliphatic heterocycles. The number of thioether (sulfide) groups is 1. The average Bonchev–Trinajstić information content (AvgIpc) is 2.27. The molecule has 0 saturated heterocycles. The maximum atomic E-state index is 4.27. The summed E-state index contributed by atoms with van der Waals surface area (Å²) >= 11 is 1.84. The van der Waals surface area contributed by atoms with Gasteiger partial charge in [-0.2, -0.15) is 5.10 Å². The highest BCUT2D eigenvalue weighted by Crippen LogP contribution is 2.47. The second-order valence-electron chi connectivity index (χ2n) is 4.90. The molecular formula is C13H14N2S. The van der Waals surface area contributed by atoms with Crippen LogP contribution in [0.5, 0.6) is 0 Å². The van der Waals surface area contributed by atoms with Gasteiger partial charge in [0.25, 0.3) is 0 Å².